The van der Waals surface area contributed by atoms with Crippen LogP contribution in [-0.2, 0) is 30.3 Å². The van der Waals surface area contributed by atoms with E-state index in [9.17, 15) is 24.3 Å². The molecule has 1 aromatic heterocycles. The second-order valence-electron chi connectivity index (χ2n) is 12.6. The van der Waals surface area contributed by atoms with Gasteiger partial charge >= 0.3 is 5.97 Å². The minimum absolute atomic E-state index is 0.0176. The van der Waals surface area contributed by atoms with Gasteiger partial charge in [-0.1, -0.05) is 43.7 Å². The minimum atomic E-state index is -1.10. The topological polar surface area (TPSA) is 141 Å². The largest absolute Gasteiger partial charge is 0.508 e. The molecule has 0 saturated heterocycles. The van der Waals surface area contributed by atoms with Gasteiger partial charge in [0.15, 0.2) is 0 Å². The molecule has 11 heteroatoms. The predicted octanol–water partition coefficient (Wildman–Crippen LogP) is 5.86. The maximum atomic E-state index is 14.2. The molecular formula is C36H43BrN4O6. The maximum Gasteiger partial charge on any atom is 0.312 e. The zero-order chi connectivity index (χ0) is 34.4. The number of benzene rings is 2. The van der Waals surface area contributed by atoms with Gasteiger partial charge < -0.3 is 25.0 Å². The third-order valence-electron chi connectivity index (χ3n) is 8.43. The molecule has 2 aromatic carbocycles. The number of carbonyl (C=O) groups is 4. The van der Waals surface area contributed by atoms with Crippen LogP contribution in [0.25, 0.3) is 10.9 Å². The van der Waals surface area contributed by atoms with E-state index < -0.39 is 41.9 Å². The van der Waals surface area contributed by atoms with Crippen molar-refractivity contribution < 1.29 is 29.0 Å². The normalized spacial score (nSPS) is 25.6. The van der Waals surface area contributed by atoms with E-state index in [1.54, 1.807) is 26.0 Å². The molecule has 250 valence electrons. The number of aromatic hydroxyl groups is 1. The number of aliphatic imine (C=N–C) groups is 1. The molecule has 3 aromatic rings. The SMILES string of the molecule is C/C1=C\[C@H](C)C(=O)N[C@@H](C)C(=O)N(C)[C@H](Cc2c(Br)[nH]c3ccccc23)C(=O)N=C(c2ccc(O)cc2)CC(=O)O[C@@H](C)C[C@@H](C)C1. The number of para-hydroxylation sites is 1. The van der Waals surface area contributed by atoms with E-state index >= 15 is 0 Å². The summed E-state index contributed by atoms with van der Waals surface area (Å²) in [5.74, 6) is -2.29. The van der Waals surface area contributed by atoms with Gasteiger partial charge in [-0.15, -0.1) is 0 Å². The molecule has 0 bridgehead atoms. The summed E-state index contributed by atoms with van der Waals surface area (Å²) in [5, 5.41) is 13.6. The number of rotatable bonds is 3. The maximum absolute atomic E-state index is 14.2. The molecule has 4 rings (SSSR count). The van der Waals surface area contributed by atoms with Gasteiger partial charge in [-0.05, 0) is 96.9 Å². The van der Waals surface area contributed by atoms with E-state index in [1.807, 2.05) is 44.2 Å². The highest BCUT2D eigenvalue weighted by molar-refractivity contribution is 9.10. The van der Waals surface area contributed by atoms with Crippen molar-refractivity contribution in [2.24, 2.45) is 16.8 Å². The predicted molar refractivity (Wildman–Crippen MR) is 185 cm³/mol. The Morgan fingerprint density at radius 2 is 1.70 bits per heavy atom. The van der Waals surface area contributed by atoms with Crippen LogP contribution in [0.15, 0.2) is 69.8 Å². The van der Waals surface area contributed by atoms with Gasteiger partial charge in [-0.3, -0.25) is 19.2 Å². The molecule has 1 aliphatic rings. The van der Waals surface area contributed by atoms with Crippen molar-refractivity contribution >= 4 is 56.2 Å². The summed E-state index contributed by atoms with van der Waals surface area (Å²) in [6.07, 6.45) is 2.59. The number of allylic oxidation sites excluding steroid dienone is 1. The molecule has 10 nitrogen and oxygen atoms in total. The molecule has 2 heterocycles. The number of aromatic nitrogens is 1. The molecule has 0 saturated carbocycles. The van der Waals surface area contributed by atoms with Crippen molar-refractivity contribution in [1.82, 2.24) is 15.2 Å². The highest BCUT2D eigenvalue weighted by Crippen LogP contribution is 2.29. The third kappa shape index (κ3) is 9.18. The molecular weight excluding hydrogens is 664 g/mol. The molecule has 47 heavy (non-hydrogen) atoms. The van der Waals surface area contributed by atoms with Crippen LogP contribution >= 0.6 is 15.9 Å². The van der Waals surface area contributed by atoms with Crippen LogP contribution in [-0.4, -0.2) is 69.6 Å². The third-order valence-corrected chi connectivity index (χ3v) is 9.11. The molecule has 0 aliphatic carbocycles. The summed E-state index contributed by atoms with van der Waals surface area (Å²) >= 11 is 3.58. The second-order valence-corrected chi connectivity index (χ2v) is 13.4. The van der Waals surface area contributed by atoms with Crippen molar-refractivity contribution in [1.29, 1.82) is 0 Å². The van der Waals surface area contributed by atoms with Crippen molar-refractivity contribution in [2.75, 3.05) is 7.05 Å². The standard InChI is InChI=1S/C36H43BrN4O6/c1-20-15-21(2)17-23(4)47-32(43)19-30(25-11-13-26(42)14-12-25)40-35(45)31(18-28-27-9-7-8-10-29(27)39-33(28)37)41(6)36(46)24(5)38-34(44)22(3)16-20/h7-14,16,21-24,31,39,42H,15,17-19H2,1-6H3,(H,38,44)/b20-16+,40-30?/t21-,22-,23-,24-,31+/m0/s1. The first kappa shape index (κ1) is 35.6. The number of hydrogen-bond donors (Lipinski definition) is 3. The Kier molecular flexibility index (Phi) is 11.8. The molecule has 0 unspecified atom stereocenters. The molecule has 5 atom stereocenters. The molecule has 0 radical (unpaired) electrons. The van der Waals surface area contributed by atoms with Gasteiger partial charge in [-0.2, -0.15) is 0 Å². The summed E-state index contributed by atoms with van der Waals surface area (Å²) in [7, 11) is 1.51. The number of hydrogen-bond acceptors (Lipinski definition) is 6. The molecule has 3 amide bonds. The number of carbonyl (C=O) groups excluding carboxylic acids is 4. The van der Waals surface area contributed by atoms with Crippen LogP contribution in [0.5, 0.6) is 5.75 Å². The monoisotopic (exact) mass is 706 g/mol. The van der Waals surface area contributed by atoms with E-state index in [0.29, 0.717) is 23.0 Å². The highest BCUT2D eigenvalue weighted by atomic mass is 79.9. The Balaban J connectivity index is 1.80. The molecule has 1 aliphatic heterocycles. The fraction of sp³-hybridized carbons (Fsp3) is 0.417. The quantitative estimate of drug-likeness (QED) is 0.230. The summed E-state index contributed by atoms with van der Waals surface area (Å²) in [4.78, 5) is 63.4. The zero-order valence-electron chi connectivity index (χ0n) is 27.7. The lowest BCUT2D eigenvalue weighted by atomic mass is 9.94. The van der Waals surface area contributed by atoms with Crippen molar-refractivity contribution in [2.45, 2.75) is 78.5 Å². The Morgan fingerprint density at radius 1 is 1.02 bits per heavy atom. The number of fused-ring (bicyclic) bond motifs is 1. The smallest absolute Gasteiger partial charge is 0.312 e. The van der Waals surface area contributed by atoms with E-state index in [0.717, 1.165) is 22.0 Å². The van der Waals surface area contributed by atoms with E-state index in [-0.39, 0.29) is 36.1 Å². The Bertz CT molecular complexity index is 1690. The van der Waals surface area contributed by atoms with Gasteiger partial charge in [0.25, 0.3) is 5.91 Å². The number of likely N-dealkylation sites (N-methyl/N-ethyl adjacent to an activating group) is 1. The molecule has 3 N–H and O–H groups in total. The van der Waals surface area contributed by atoms with E-state index in [4.69, 9.17) is 4.74 Å². The number of esters is 1. The average Bonchev–Trinajstić information content (AvgIpc) is 3.32. The lowest BCUT2D eigenvalue weighted by Gasteiger charge is -2.29. The first-order chi connectivity index (χ1) is 22.2. The van der Waals surface area contributed by atoms with Gasteiger partial charge in [-0.25, -0.2) is 4.99 Å². The molecule has 0 spiro atoms. The van der Waals surface area contributed by atoms with Crippen LogP contribution in [0.3, 0.4) is 0 Å². The van der Waals surface area contributed by atoms with Crippen LogP contribution in [0.2, 0.25) is 0 Å². The number of cyclic esters (lactones) is 1. The van der Waals surface area contributed by atoms with Crippen molar-refractivity contribution in [3.8, 4) is 5.75 Å². The first-order valence-electron chi connectivity index (χ1n) is 15.8. The summed E-state index contributed by atoms with van der Waals surface area (Å²) < 4.78 is 6.42. The Labute approximate surface area is 283 Å². The Morgan fingerprint density at radius 3 is 2.40 bits per heavy atom. The number of phenols is 1. The number of halogens is 1. The summed E-state index contributed by atoms with van der Waals surface area (Å²) in [6.45, 7) is 9.21. The van der Waals surface area contributed by atoms with E-state index in [2.05, 4.69) is 38.1 Å². The average molecular weight is 708 g/mol. The Hall–Kier alpha value is -4.25. The number of nitrogens with zero attached hydrogens (tertiary/aromatic N) is 2. The van der Waals surface area contributed by atoms with Crippen LogP contribution in [0.4, 0.5) is 0 Å². The van der Waals surface area contributed by atoms with Gasteiger partial charge in [0.1, 0.15) is 17.8 Å². The number of aromatic amines is 1. The first-order valence-corrected chi connectivity index (χ1v) is 16.6. The zero-order valence-corrected chi connectivity index (χ0v) is 29.3. The lowest BCUT2D eigenvalue weighted by Crippen LogP contribution is -2.52. The lowest BCUT2D eigenvalue weighted by molar-refractivity contribution is -0.147. The number of H-pyrrole nitrogens is 1. The fourth-order valence-corrected chi connectivity index (χ4v) is 6.69. The number of amides is 3. The van der Waals surface area contributed by atoms with Gasteiger partial charge in [0, 0.05) is 24.4 Å². The summed E-state index contributed by atoms with van der Waals surface area (Å²) in [5.41, 5.74) is 3.24. The minimum Gasteiger partial charge on any atom is -0.508 e. The van der Waals surface area contributed by atoms with Crippen molar-refractivity contribution in [3.05, 3.63) is 75.9 Å². The van der Waals surface area contributed by atoms with E-state index in [1.165, 1.54) is 24.1 Å². The van der Waals surface area contributed by atoms with Crippen LogP contribution in [0.1, 0.15) is 65.0 Å². The highest BCUT2D eigenvalue weighted by Gasteiger charge is 2.33. The fourth-order valence-electron chi connectivity index (χ4n) is 6.10. The van der Waals surface area contributed by atoms with Crippen LogP contribution in [0, 0.1) is 11.8 Å². The van der Waals surface area contributed by atoms with Gasteiger partial charge in [0.2, 0.25) is 11.8 Å². The summed E-state index contributed by atoms with van der Waals surface area (Å²) in [6, 6.07) is 11.6. The number of phenolic OH excluding ortho intramolecular Hbond substituents is 1. The van der Waals surface area contributed by atoms with Crippen molar-refractivity contribution in [3.63, 3.8) is 0 Å². The number of nitrogens with one attached hydrogen (secondary N) is 2. The van der Waals surface area contributed by atoms with Gasteiger partial charge in [0.05, 0.1) is 28.8 Å². The van der Waals surface area contributed by atoms with Crippen LogP contribution < -0.4 is 5.32 Å². The second kappa shape index (κ2) is 15.6. The molecule has 0 fully saturated rings. The number of ether oxygens (including phenoxy) is 1.